The Bertz CT molecular complexity index is 668. The third-order valence-electron chi connectivity index (χ3n) is 3.48. The zero-order valence-corrected chi connectivity index (χ0v) is 12.6. The highest BCUT2D eigenvalue weighted by molar-refractivity contribution is 6.02. The molecule has 6 heteroatoms. The van der Waals surface area contributed by atoms with E-state index in [9.17, 15) is 19.8 Å². The van der Waals surface area contributed by atoms with E-state index in [1.54, 1.807) is 43.6 Å². The number of ether oxygens (including phenoxy) is 1. The van der Waals surface area contributed by atoms with E-state index >= 15 is 0 Å². The van der Waals surface area contributed by atoms with Crippen LogP contribution in [-0.2, 0) is 20.7 Å². The number of rotatable bonds is 7. The van der Waals surface area contributed by atoms with Crippen molar-refractivity contribution in [3.63, 3.8) is 0 Å². The first-order chi connectivity index (χ1) is 11.0. The number of carboxylic acid groups (broad SMARTS) is 2. The number of benzene rings is 1. The first-order valence-electron chi connectivity index (χ1n) is 7.09. The molecule has 1 heterocycles. The summed E-state index contributed by atoms with van der Waals surface area (Å²) in [5.74, 6) is -3.02. The SMILES string of the molecule is CCOC(Cc1ccc(-c2cccnc2)cc1)(C(=O)O)C(=O)O. The number of hydrogen-bond donors (Lipinski definition) is 2. The standard InChI is InChI=1S/C17H17NO5/c1-2-23-17(15(19)20,16(21)22)10-12-5-7-13(8-6-12)14-4-3-9-18-11-14/h3-9,11H,2,10H2,1H3,(H,19,20)(H,21,22). The van der Waals surface area contributed by atoms with Crippen LogP contribution < -0.4 is 0 Å². The van der Waals surface area contributed by atoms with Gasteiger partial charge >= 0.3 is 11.9 Å². The Kier molecular flexibility index (Phi) is 5.08. The predicted octanol–water partition coefficient (Wildman–Crippen LogP) is 2.24. The van der Waals surface area contributed by atoms with Gasteiger partial charge in [-0.1, -0.05) is 30.3 Å². The molecule has 0 saturated heterocycles. The highest BCUT2D eigenvalue weighted by Crippen LogP contribution is 2.23. The third-order valence-corrected chi connectivity index (χ3v) is 3.48. The van der Waals surface area contributed by atoms with E-state index in [0.717, 1.165) is 11.1 Å². The van der Waals surface area contributed by atoms with Crippen LogP contribution in [0.2, 0.25) is 0 Å². The van der Waals surface area contributed by atoms with E-state index in [-0.39, 0.29) is 13.0 Å². The first-order valence-corrected chi connectivity index (χ1v) is 7.09. The van der Waals surface area contributed by atoms with Crippen molar-refractivity contribution in [2.24, 2.45) is 0 Å². The largest absolute Gasteiger partial charge is 0.479 e. The van der Waals surface area contributed by atoms with Gasteiger partial charge in [0, 0.05) is 25.4 Å². The van der Waals surface area contributed by atoms with Crippen molar-refractivity contribution in [3.05, 3.63) is 54.4 Å². The van der Waals surface area contributed by atoms with Gasteiger partial charge in [-0.25, -0.2) is 9.59 Å². The molecule has 2 rings (SSSR count). The lowest BCUT2D eigenvalue weighted by molar-refractivity contribution is -0.182. The fourth-order valence-electron chi connectivity index (χ4n) is 2.30. The minimum Gasteiger partial charge on any atom is -0.479 e. The second-order valence-electron chi connectivity index (χ2n) is 4.99. The zero-order valence-electron chi connectivity index (χ0n) is 12.6. The highest BCUT2D eigenvalue weighted by Gasteiger charge is 2.48. The smallest absolute Gasteiger partial charge is 0.348 e. The van der Waals surface area contributed by atoms with Crippen LogP contribution in [0.3, 0.4) is 0 Å². The number of carbonyl (C=O) groups is 2. The van der Waals surface area contributed by atoms with Crippen molar-refractivity contribution in [2.75, 3.05) is 6.61 Å². The molecular formula is C17H17NO5. The molecule has 0 saturated carbocycles. The van der Waals surface area contributed by atoms with Crippen LogP contribution in [0, 0.1) is 0 Å². The average molecular weight is 315 g/mol. The van der Waals surface area contributed by atoms with Gasteiger partial charge in [-0.15, -0.1) is 0 Å². The fourth-order valence-corrected chi connectivity index (χ4v) is 2.30. The lowest BCUT2D eigenvalue weighted by Crippen LogP contribution is -2.51. The molecule has 6 nitrogen and oxygen atoms in total. The van der Waals surface area contributed by atoms with E-state index in [1.807, 2.05) is 12.1 Å². The molecule has 0 radical (unpaired) electrons. The first kappa shape index (κ1) is 16.6. The molecule has 0 amide bonds. The maximum absolute atomic E-state index is 11.4. The van der Waals surface area contributed by atoms with Crippen LogP contribution in [0.25, 0.3) is 11.1 Å². The van der Waals surface area contributed by atoms with E-state index in [1.165, 1.54) is 0 Å². The second-order valence-corrected chi connectivity index (χ2v) is 4.99. The van der Waals surface area contributed by atoms with Crippen LogP contribution in [0.1, 0.15) is 12.5 Å². The molecule has 0 aliphatic carbocycles. The predicted molar refractivity (Wildman–Crippen MR) is 83.0 cm³/mol. The molecule has 120 valence electrons. The number of nitrogens with zero attached hydrogens (tertiary/aromatic N) is 1. The summed E-state index contributed by atoms with van der Waals surface area (Å²) in [5, 5.41) is 18.6. The summed E-state index contributed by atoms with van der Waals surface area (Å²) in [4.78, 5) is 26.9. The van der Waals surface area contributed by atoms with Crippen molar-refractivity contribution in [1.29, 1.82) is 0 Å². The minimum atomic E-state index is -2.27. The third kappa shape index (κ3) is 3.54. The number of pyridine rings is 1. The Hall–Kier alpha value is -2.73. The van der Waals surface area contributed by atoms with E-state index in [4.69, 9.17) is 4.74 Å². The Morgan fingerprint density at radius 1 is 1.09 bits per heavy atom. The molecule has 2 aromatic rings. The summed E-state index contributed by atoms with van der Waals surface area (Å²) < 4.78 is 5.06. The van der Waals surface area contributed by atoms with Crippen LogP contribution in [-0.4, -0.2) is 39.3 Å². The lowest BCUT2D eigenvalue weighted by atomic mass is 9.93. The van der Waals surface area contributed by atoms with Gasteiger partial charge in [-0.05, 0) is 29.7 Å². The van der Waals surface area contributed by atoms with Gasteiger partial charge in [0.05, 0.1) is 0 Å². The number of aromatic nitrogens is 1. The maximum Gasteiger partial charge on any atom is 0.348 e. The van der Waals surface area contributed by atoms with Crippen LogP contribution in [0.5, 0.6) is 0 Å². The monoisotopic (exact) mass is 315 g/mol. The summed E-state index contributed by atoms with van der Waals surface area (Å²) in [5.41, 5.74) is 0.127. The van der Waals surface area contributed by atoms with Crippen molar-refractivity contribution >= 4 is 11.9 Å². The van der Waals surface area contributed by atoms with Gasteiger partial charge in [0.25, 0.3) is 5.60 Å². The summed E-state index contributed by atoms with van der Waals surface area (Å²) in [7, 11) is 0. The van der Waals surface area contributed by atoms with Crippen LogP contribution in [0.4, 0.5) is 0 Å². The molecule has 0 aliphatic rings. The Balaban J connectivity index is 2.28. The topological polar surface area (TPSA) is 96.7 Å². The highest BCUT2D eigenvalue weighted by atomic mass is 16.5. The molecule has 0 fully saturated rings. The Labute approximate surface area is 133 Å². The fraction of sp³-hybridized carbons (Fsp3) is 0.235. The molecule has 0 spiro atoms. The van der Waals surface area contributed by atoms with E-state index in [2.05, 4.69) is 4.98 Å². The molecule has 2 N–H and O–H groups in total. The molecule has 0 atom stereocenters. The molecule has 1 aromatic heterocycles. The number of aliphatic carboxylic acids is 2. The lowest BCUT2D eigenvalue weighted by Gasteiger charge is -2.24. The molecule has 0 bridgehead atoms. The minimum absolute atomic E-state index is 0.00757. The van der Waals surface area contributed by atoms with Gasteiger partial charge < -0.3 is 14.9 Å². The normalized spacial score (nSPS) is 11.2. The molecule has 23 heavy (non-hydrogen) atoms. The van der Waals surface area contributed by atoms with Crippen molar-refractivity contribution in [3.8, 4) is 11.1 Å². The summed E-state index contributed by atoms with van der Waals surface area (Å²) in [6.45, 7) is 1.55. The van der Waals surface area contributed by atoms with E-state index < -0.39 is 17.5 Å². The summed E-state index contributed by atoms with van der Waals surface area (Å²) >= 11 is 0. The Morgan fingerprint density at radius 3 is 2.22 bits per heavy atom. The van der Waals surface area contributed by atoms with Gasteiger partial charge in [-0.2, -0.15) is 0 Å². The van der Waals surface area contributed by atoms with Gasteiger partial charge in [0.2, 0.25) is 0 Å². The van der Waals surface area contributed by atoms with Crippen molar-refractivity contribution < 1.29 is 24.5 Å². The second kappa shape index (κ2) is 7.02. The Morgan fingerprint density at radius 2 is 1.74 bits per heavy atom. The maximum atomic E-state index is 11.4. The zero-order chi connectivity index (χ0) is 16.9. The quantitative estimate of drug-likeness (QED) is 0.761. The van der Waals surface area contributed by atoms with E-state index in [0.29, 0.717) is 5.56 Å². The number of carboxylic acids is 2. The van der Waals surface area contributed by atoms with Crippen molar-refractivity contribution in [2.45, 2.75) is 18.9 Å². The number of hydrogen-bond acceptors (Lipinski definition) is 4. The van der Waals surface area contributed by atoms with Gasteiger partial charge in [0.15, 0.2) is 0 Å². The molecular weight excluding hydrogens is 298 g/mol. The molecule has 0 unspecified atom stereocenters. The summed E-state index contributed by atoms with van der Waals surface area (Å²) in [6, 6.07) is 10.7. The average Bonchev–Trinajstić information content (AvgIpc) is 2.55. The van der Waals surface area contributed by atoms with Gasteiger partial charge in [-0.3, -0.25) is 4.98 Å². The summed E-state index contributed by atoms with van der Waals surface area (Å²) in [6.07, 6.45) is 3.14. The van der Waals surface area contributed by atoms with Gasteiger partial charge in [0.1, 0.15) is 0 Å². The molecule has 1 aromatic carbocycles. The van der Waals surface area contributed by atoms with Crippen LogP contribution >= 0.6 is 0 Å². The van der Waals surface area contributed by atoms with Crippen LogP contribution in [0.15, 0.2) is 48.8 Å². The molecule has 0 aliphatic heterocycles. The van der Waals surface area contributed by atoms with Crippen molar-refractivity contribution in [1.82, 2.24) is 4.98 Å².